The van der Waals surface area contributed by atoms with E-state index < -0.39 is 0 Å². The van der Waals surface area contributed by atoms with Gasteiger partial charge in [0.25, 0.3) is 5.91 Å². The SMILES string of the molecule is COc1ccc(-c2cc(C(=O)N3CCN(c4ccccc4)CC3)[nH]n2)c(OC)c1. The molecule has 1 amide bonds. The van der Waals surface area contributed by atoms with Crippen molar-refractivity contribution in [3.8, 4) is 22.8 Å². The summed E-state index contributed by atoms with van der Waals surface area (Å²) in [6.07, 6.45) is 0. The summed E-state index contributed by atoms with van der Waals surface area (Å²) >= 11 is 0. The minimum atomic E-state index is -0.0380. The smallest absolute Gasteiger partial charge is 0.272 e. The van der Waals surface area contributed by atoms with Crippen LogP contribution in [0.4, 0.5) is 5.69 Å². The van der Waals surface area contributed by atoms with Gasteiger partial charge in [-0.05, 0) is 30.3 Å². The van der Waals surface area contributed by atoms with E-state index in [-0.39, 0.29) is 5.91 Å². The predicted octanol–water partition coefficient (Wildman–Crippen LogP) is 3.06. The average molecular weight is 392 g/mol. The van der Waals surface area contributed by atoms with Crippen molar-refractivity contribution in [3.63, 3.8) is 0 Å². The van der Waals surface area contributed by atoms with E-state index in [1.165, 1.54) is 5.69 Å². The van der Waals surface area contributed by atoms with Crippen LogP contribution < -0.4 is 14.4 Å². The van der Waals surface area contributed by atoms with Crippen LogP contribution in [-0.4, -0.2) is 61.4 Å². The summed E-state index contributed by atoms with van der Waals surface area (Å²) in [4.78, 5) is 17.1. The van der Waals surface area contributed by atoms with E-state index in [9.17, 15) is 4.79 Å². The molecule has 0 radical (unpaired) electrons. The molecular weight excluding hydrogens is 368 g/mol. The van der Waals surface area contributed by atoms with Crippen LogP contribution in [0.1, 0.15) is 10.5 Å². The number of carbonyl (C=O) groups is 1. The summed E-state index contributed by atoms with van der Waals surface area (Å²) < 4.78 is 10.7. The van der Waals surface area contributed by atoms with E-state index in [0.29, 0.717) is 36.0 Å². The number of amides is 1. The van der Waals surface area contributed by atoms with E-state index in [4.69, 9.17) is 9.47 Å². The van der Waals surface area contributed by atoms with Crippen molar-refractivity contribution in [1.29, 1.82) is 0 Å². The number of hydrogen-bond acceptors (Lipinski definition) is 5. The molecule has 2 heterocycles. The molecule has 1 aliphatic heterocycles. The highest BCUT2D eigenvalue weighted by atomic mass is 16.5. The molecule has 0 aliphatic carbocycles. The highest BCUT2D eigenvalue weighted by Crippen LogP contribution is 2.32. The number of nitrogens with one attached hydrogen (secondary N) is 1. The second-order valence-electron chi connectivity index (χ2n) is 6.85. The molecule has 1 aliphatic rings. The highest BCUT2D eigenvalue weighted by molar-refractivity contribution is 5.93. The van der Waals surface area contributed by atoms with Gasteiger partial charge in [-0.1, -0.05) is 18.2 Å². The number of piperazine rings is 1. The van der Waals surface area contributed by atoms with Crippen LogP contribution in [0.5, 0.6) is 11.5 Å². The van der Waals surface area contributed by atoms with Crippen molar-refractivity contribution in [2.75, 3.05) is 45.3 Å². The molecule has 29 heavy (non-hydrogen) atoms. The Morgan fingerprint density at radius 2 is 1.72 bits per heavy atom. The van der Waals surface area contributed by atoms with Crippen molar-refractivity contribution >= 4 is 11.6 Å². The quantitative estimate of drug-likeness (QED) is 0.723. The number of aromatic nitrogens is 2. The summed E-state index contributed by atoms with van der Waals surface area (Å²) in [5.41, 5.74) is 3.13. The monoisotopic (exact) mass is 392 g/mol. The first-order chi connectivity index (χ1) is 14.2. The number of ether oxygens (including phenoxy) is 2. The van der Waals surface area contributed by atoms with Gasteiger partial charge in [-0.2, -0.15) is 5.10 Å². The number of hydrogen-bond donors (Lipinski definition) is 1. The molecular formula is C22H24N4O3. The Hall–Kier alpha value is -3.48. The third-order valence-electron chi connectivity index (χ3n) is 5.18. The second-order valence-corrected chi connectivity index (χ2v) is 6.85. The number of benzene rings is 2. The van der Waals surface area contributed by atoms with Crippen molar-refractivity contribution in [1.82, 2.24) is 15.1 Å². The molecule has 0 saturated carbocycles. The molecule has 3 aromatic rings. The summed E-state index contributed by atoms with van der Waals surface area (Å²) in [6, 6.07) is 17.6. The lowest BCUT2D eigenvalue weighted by molar-refractivity contribution is 0.0741. The molecule has 7 heteroatoms. The fourth-order valence-corrected chi connectivity index (χ4v) is 3.56. The van der Waals surface area contributed by atoms with Crippen molar-refractivity contribution in [2.45, 2.75) is 0 Å². The van der Waals surface area contributed by atoms with Gasteiger partial charge in [0, 0.05) is 43.5 Å². The van der Waals surface area contributed by atoms with Gasteiger partial charge in [0.2, 0.25) is 0 Å². The van der Waals surface area contributed by atoms with Crippen molar-refractivity contribution < 1.29 is 14.3 Å². The second kappa shape index (κ2) is 8.26. The van der Waals surface area contributed by atoms with E-state index >= 15 is 0 Å². The number of carbonyl (C=O) groups excluding carboxylic acids is 1. The van der Waals surface area contributed by atoms with Gasteiger partial charge < -0.3 is 19.3 Å². The van der Waals surface area contributed by atoms with E-state index in [2.05, 4.69) is 27.2 Å². The molecule has 2 aromatic carbocycles. The third-order valence-corrected chi connectivity index (χ3v) is 5.18. The van der Waals surface area contributed by atoms with Gasteiger partial charge in [0.1, 0.15) is 17.2 Å². The molecule has 1 fully saturated rings. The fourth-order valence-electron chi connectivity index (χ4n) is 3.56. The maximum absolute atomic E-state index is 12.9. The van der Waals surface area contributed by atoms with Crippen LogP contribution in [0.2, 0.25) is 0 Å². The Kier molecular flexibility index (Phi) is 5.37. The van der Waals surface area contributed by atoms with Gasteiger partial charge in [-0.3, -0.25) is 9.89 Å². The molecule has 7 nitrogen and oxygen atoms in total. The highest BCUT2D eigenvalue weighted by Gasteiger charge is 2.24. The number of rotatable bonds is 5. The Balaban J connectivity index is 1.46. The van der Waals surface area contributed by atoms with Gasteiger partial charge in [-0.25, -0.2) is 0 Å². The molecule has 1 N–H and O–H groups in total. The number of nitrogens with zero attached hydrogens (tertiary/aromatic N) is 3. The summed E-state index contributed by atoms with van der Waals surface area (Å²) in [5.74, 6) is 1.31. The molecule has 1 saturated heterocycles. The first-order valence-corrected chi connectivity index (χ1v) is 9.56. The number of para-hydroxylation sites is 1. The lowest BCUT2D eigenvalue weighted by Crippen LogP contribution is -2.48. The first-order valence-electron chi connectivity index (χ1n) is 9.56. The number of H-pyrrole nitrogens is 1. The van der Waals surface area contributed by atoms with Crippen molar-refractivity contribution in [3.05, 3.63) is 60.3 Å². The van der Waals surface area contributed by atoms with Crippen LogP contribution in [-0.2, 0) is 0 Å². The third kappa shape index (κ3) is 3.89. The van der Waals surface area contributed by atoms with E-state index in [0.717, 1.165) is 18.7 Å². The molecule has 0 atom stereocenters. The first kappa shape index (κ1) is 18.9. The van der Waals surface area contributed by atoms with Crippen LogP contribution in [0.3, 0.4) is 0 Å². The fraction of sp³-hybridized carbons (Fsp3) is 0.273. The standard InChI is InChI=1S/C22H24N4O3/c1-28-17-8-9-18(21(14-17)29-2)19-15-20(24-23-19)22(27)26-12-10-25(11-13-26)16-6-4-3-5-7-16/h3-9,14-15H,10-13H2,1-2H3,(H,23,24). The number of anilines is 1. The van der Waals surface area contributed by atoms with Crippen LogP contribution >= 0.6 is 0 Å². The minimum absolute atomic E-state index is 0.0380. The Bertz CT molecular complexity index is 979. The van der Waals surface area contributed by atoms with Crippen LogP contribution in [0, 0.1) is 0 Å². The molecule has 0 unspecified atom stereocenters. The zero-order valence-corrected chi connectivity index (χ0v) is 16.6. The summed E-state index contributed by atoms with van der Waals surface area (Å²) in [6.45, 7) is 2.97. The topological polar surface area (TPSA) is 70.7 Å². The van der Waals surface area contributed by atoms with Crippen LogP contribution in [0.25, 0.3) is 11.3 Å². The number of methoxy groups -OCH3 is 2. The zero-order valence-electron chi connectivity index (χ0n) is 16.6. The lowest BCUT2D eigenvalue weighted by atomic mass is 10.1. The maximum Gasteiger partial charge on any atom is 0.272 e. The number of aromatic amines is 1. The van der Waals surface area contributed by atoms with Gasteiger partial charge in [0.05, 0.1) is 19.9 Å². The van der Waals surface area contributed by atoms with Gasteiger partial charge in [0.15, 0.2) is 0 Å². The lowest BCUT2D eigenvalue weighted by Gasteiger charge is -2.35. The van der Waals surface area contributed by atoms with E-state index in [1.807, 2.05) is 35.2 Å². The molecule has 1 aromatic heterocycles. The average Bonchev–Trinajstić information content (AvgIpc) is 3.29. The van der Waals surface area contributed by atoms with Crippen LogP contribution in [0.15, 0.2) is 54.6 Å². The van der Waals surface area contributed by atoms with E-state index in [1.54, 1.807) is 26.4 Å². The zero-order chi connectivity index (χ0) is 20.2. The molecule has 4 rings (SSSR count). The largest absolute Gasteiger partial charge is 0.497 e. The summed E-state index contributed by atoms with van der Waals surface area (Å²) in [5, 5.41) is 7.21. The molecule has 150 valence electrons. The Labute approximate surface area is 169 Å². The Morgan fingerprint density at radius 1 is 0.966 bits per heavy atom. The minimum Gasteiger partial charge on any atom is -0.497 e. The predicted molar refractivity (Wildman–Crippen MR) is 112 cm³/mol. The van der Waals surface area contributed by atoms with Gasteiger partial charge in [-0.15, -0.1) is 0 Å². The van der Waals surface area contributed by atoms with Crippen molar-refractivity contribution in [2.24, 2.45) is 0 Å². The Morgan fingerprint density at radius 3 is 2.41 bits per heavy atom. The maximum atomic E-state index is 12.9. The summed E-state index contributed by atoms with van der Waals surface area (Å²) in [7, 11) is 3.21. The van der Waals surface area contributed by atoms with Gasteiger partial charge >= 0.3 is 0 Å². The molecule has 0 spiro atoms. The normalized spacial score (nSPS) is 14.0. The molecule has 0 bridgehead atoms.